The molecule has 0 fully saturated rings. The highest BCUT2D eigenvalue weighted by Crippen LogP contribution is 2.26. The van der Waals surface area contributed by atoms with Gasteiger partial charge in [0.05, 0.1) is 17.1 Å². The number of carbonyl (C=O) groups excluding carboxylic acids is 1. The van der Waals surface area contributed by atoms with Crippen LogP contribution in [0, 0.1) is 0 Å². The van der Waals surface area contributed by atoms with E-state index in [1.54, 1.807) is 35.2 Å². The summed E-state index contributed by atoms with van der Waals surface area (Å²) in [5, 5.41) is 9.25. The van der Waals surface area contributed by atoms with Gasteiger partial charge in [-0.2, -0.15) is 0 Å². The number of rotatable bonds is 6. The van der Waals surface area contributed by atoms with Crippen LogP contribution in [0.1, 0.15) is 25.3 Å². The molecule has 0 spiro atoms. The maximum Gasteiger partial charge on any atom is 0.249 e. The zero-order valence-corrected chi connectivity index (χ0v) is 17.0. The number of benzene rings is 2. The van der Waals surface area contributed by atoms with Gasteiger partial charge in [0.1, 0.15) is 0 Å². The molecular formula is C21H19Cl2N3O2. The van der Waals surface area contributed by atoms with Gasteiger partial charge in [-0.25, -0.2) is 0 Å². The molecule has 5 nitrogen and oxygen atoms in total. The fourth-order valence-electron chi connectivity index (χ4n) is 2.60. The Labute approximate surface area is 173 Å². The molecule has 28 heavy (non-hydrogen) atoms. The van der Waals surface area contributed by atoms with E-state index in [4.69, 9.17) is 27.6 Å². The molecule has 0 radical (unpaired) electrons. The monoisotopic (exact) mass is 415 g/mol. The Kier molecular flexibility index (Phi) is 6.49. The number of amides is 1. The van der Waals surface area contributed by atoms with Crippen molar-refractivity contribution in [2.75, 3.05) is 0 Å². The van der Waals surface area contributed by atoms with Crippen molar-refractivity contribution in [3.05, 3.63) is 76.1 Å². The third-order valence-electron chi connectivity index (χ3n) is 4.05. The second-order valence-corrected chi connectivity index (χ2v) is 7.27. The molecule has 3 rings (SSSR count). The summed E-state index contributed by atoms with van der Waals surface area (Å²) in [5.74, 6) is 0.506. The molecule has 1 heterocycles. The summed E-state index contributed by atoms with van der Waals surface area (Å²) >= 11 is 12.2. The Bertz CT molecular complexity index is 999. The first-order valence-corrected chi connectivity index (χ1v) is 9.51. The molecular weight excluding hydrogens is 397 g/mol. The van der Waals surface area contributed by atoms with Crippen LogP contribution >= 0.6 is 23.2 Å². The van der Waals surface area contributed by atoms with Gasteiger partial charge < -0.3 is 9.32 Å². The lowest BCUT2D eigenvalue weighted by Gasteiger charge is -2.23. The molecule has 1 aromatic heterocycles. The van der Waals surface area contributed by atoms with Crippen molar-refractivity contribution in [3.63, 3.8) is 0 Å². The van der Waals surface area contributed by atoms with Gasteiger partial charge in [-0.1, -0.05) is 47.5 Å². The van der Waals surface area contributed by atoms with Crippen LogP contribution < -0.4 is 0 Å². The quantitative estimate of drug-likeness (QED) is 0.499. The fourth-order valence-corrected chi connectivity index (χ4v) is 3.01. The van der Waals surface area contributed by atoms with E-state index in [1.807, 2.05) is 38.1 Å². The summed E-state index contributed by atoms with van der Waals surface area (Å²) in [6.45, 7) is 4.06. The molecule has 2 aromatic carbocycles. The van der Waals surface area contributed by atoms with Crippen molar-refractivity contribution in [1.29, 1.82) is 0 Å². The first kappa shape index (κ1) is 20.1. The van der Waals surface area contributed by atoms with E-state index in [-0.39, 0.29) is 18.5 Å². The number of carbonyl (C=O) groups is 1. The molecule has 0 N–H and O–H groups in total. The summed E-state index contributed by atoms with van der Waals surface area (Å²) in [5.41, 5.74) is 1.51. The molecule has 7 heteroatoms. The Hall–Kier alpha value is -2.63. The molecule has 0 atom stereocenters. The molecule has 0 aliphatic rings. The fraction of sp³-hybridized carbons (Fsp3) is 0.190. The average molecular weight is 416 g/mol. The van der Waals surface area contributed by atoms with Gasteiger partial charge >= 0.3 is 0 Å². The molecule has 3 aromatic rings. The summed E-state index contributed by atoms with van der Waals surface area (Å²) in [4.78, 5) is 14.3. The van der Waals surface area contributed by atoms with Crippen molar-refractivity contribution in [2.45, 2.75) is 26.4 Å². The van der Waals surface area contributed by atoms with Crippen molar-refractivity contribution in [1.82, 2.24) is 15.1 Å². The van der Waals surface area contributed by atoms with Gasteiger partial charge in [-0.15, -0.1) is 10.2 Å². The van der Waals surface area contributed by atoms with E-state index >= 15 is 0 Å². The second-order valence-electron chi connectivity index (χ2n) is 6.43. The number of aromatic nitrogens is 2. The minimum absolute atomic E-state index is 0.0489. The molecule has 144 valence electrons. The molecule has 1 amide bonds. The standard InChI is InChI=1S/C21H19Cl2N3O2/c1-14(2)26(20(27)11-10-15-6-5-7-16(22)12-15)13-19-24-25-21(28-19)17-8-3-4-9-18(17)23/h3-12,14H,13H2,1-2H3/b11-10+. The van der Waals surface area contributed by atoms with Crippen molar-refractivity contribution in [3.8, 4) is 11.5 Å². The van der Waals surface area contributed by atoms with E-state index < -0.39 is 0 Å². The summed E-state index contributed by atoms with van der Waals surface area (Å²) in [6, 6.07) is 14.5. The van der Waals surface area contributed by atoms with Crippen molar-refractivity contribution < 1.29 is 9.21 Å². The molecule has 0 saturated carbocycles. The lowest BCUT2D eigenvalue weighted by Crippen LogP contribution is -2.35. The van der Waals surface area contributed by atoms with Crippen LogP contribution in [-0.4, -0.2) is 27.0 Å². The van der Waals surface area contributed by atoms with Gasteiger partial charge in [-0.05, 0) is 49.8 Å². The van der Waals surface area contributed by atoms with E-state index in [9.17, 15) is 4.79 Å². The molecule has 0 aliphatic heterocycles. The molecule has 0 aliphatic carbocycles. The predicted octanol–water partition coefficient (Wildman–Crippen LogP) is 5.49. The topological polar surface area (TPSA) is 59.2 Å². The minimum atomic E-state index is -0.160. The predicted molar refractivity (Wildman–Crippen MR) is 111 cm³/mol. The molecule has 0 saturated heterocycles. The van der Waals surface area contributed by atoms with Crippen LogP contribution in [0.25, 0.3) is 17.5 Å². The highest BCUT2D eigenvalue weighted by Gasteiger charge is 2.19. The minimum Gasteiger partial charge on any atom is -0.419 e. The van der Waals surface area contributed by atoms with E-state index in [2.05, 4.69) is 10.2 Å². The van der Waals surface area contributed by atoms with E-state index in [0.29, 0.717) is 27.4 Å². The van der Waals surface area contributed by atoms with Crippen LogP contribution in [0.15, 0.2) is 59.0 Å². The van der Waals surface area contributed by atoms with Crippen LogP contribution in [0.5, 0.6) is 0 Å². The van der Waals surface area contributed by atoms with Crippen LogP contribution in [-0.2, 0) is 11.3 Å². The second kappa shape index (κ2) is 9.04. The SMILES string of the molecule is CC(C)N(Cc1nnc(-c2ccccc2Cl)o1)C(=O)/C=C/c1cccc(Cl)c1. The summed E-state index contributed by atoms with van der Waals surface area (Å²) < 4.78 is 5.72. The average Bonchev–Trinajstić information content (AvgIpc) is 3.13. The Morgan fingerprint density at radius 1 is 1.14 bits per heavy atom. The van der Waals surface area contributed by atoms with Crippen LogP contribution in [0.3, 0.4) is 0 Å². The van der Waals surface area contributed by atoms with Gasteiger partial charge in [0.25, 0.3) is 0 Å². The Balaban J connectivity index is 1.75. The van der Waals surface area contributed by atoms with E-state index in [0.717, 1.165) is 5.56 Å². The van der Waals surface area contributed by atoms with Gasteiger partial charge in [0.15, 0.2) is 0 Å². The van der Waals surface area contributed by atoms with Crippen LogP contribution in [0.4, 0.5) is 0 Å². The Morgan fingerprint density at radius 2 is 1.93 bits per heavy atom. The molecule has 0 unspecified atom stereocenters. The van der Waals surface area contributed by atoms with E-state index in [1.165, 1.54) is 6.08 Å². The smallest absolute Gasteiger partial charge is 0.249 e. The maximum atomic E-state index is 12.7. The largest absolute Gasteiger partial charge is 0.419 e. The number of halogens is 2. The zero-order chi connectivity index (χ0) is 20.1. The summed E-state index contributed by atoms with van der Waals surface area (Å²) in [7, 11) is 0. The lowest BCUT2D eigenvalue weighted by molar-refractivity contribution is -0.128. The van der Waals surface area contributed by atoms with Crippen molar-refractivity contribution in [2.24, 2.45) is 0 Å². The van der Waals surface area contributed by atoms with Gasteiger partial charge in [0.2, 0.25) is 17.7 Å². The third kappa shape index (κ3) is 5.00. The first-order chi connectivity index (χ1) is 13.4. The Morgan fingerprint density at radius 3 is 2.64 bits per heavy atom. The first-order valence-electron chi connectivity index (χ1n) is 8.75. The van der Waals surface area contributed by atoms with Crippen LogP contribution in [0.2, 0.25) is 10.0 Å². The molecule has 0 bridgehead atoms. The number of nitrogens with zero attached hydrogens (tertiary/aromatic N) is 3. The highest BCUT2D eigenvalue weighted by atomic mass is 35.5. The van der Waals surface area contributed by atoms with Gasteiger partial charge in [0, 0.05) is 17.1 Å². The number of hydrogen-bond acceptors (Lipinski definition) is 4. The lowest BCUT2D eigenvalue weighted by atomic mass is 10.2. The number of hydrogen-bond donors (Lipinski definition) is 0. The highest BCUT2D eigenvalue weighted by molar-refractivity contribution is 6.33. The maximum absolute atomic E-state index is 12.7. The zero-order valence-electron chi connectivity index (χ0n) is 15.5. The third-order valence-corrected chi connectivity index (χ3v) is 4.61. The van der Waals surface area contributed by atoms with Crippen molar-refractivity contribution >= 4 is 35.2 Å². The van der Waals surface area contributed by atoms with Gasteiger partial charge in [-0.3, -0.25) is 4.79 Å². The summed E-state index contributed by atoms with van der Waals surface area (Å²) in [6.07, 6.45) is 3.24. The normalized spacial score (nSPS) is 11.3.